The number of piperazine rings is 1. The molecule has 1 aromatic carbocycles. The Bertz CT molecular complexity index is 783. The van der Waals surface area contributed by atoms with Crippen molar-refractivity contribution in [1.82, 2.24) is 15.1 Å². The molecule has 2 heterocycles. The van der Waals surface area contributed by atoms with Crippen molar-refractivity contribution in [3.63, 3.8) is 0 Å². The van der Waals surface area contributed by atoms with Crippen LogP contribution in [0.15, 0.2) is 30.5 Å². The van der Waals surface area contributed by atoms with E-state index in [1.807, 2.05) is 36.9 Å². The van der Waals surface area contributed by atoms with Crippen molar-refractivity contribution < 1.29 is 9.13 Å². The normalized spacial score (nSPS) is 15.1. The Morgan fingerprint density at radius 2 is 2.04 bits per heavy atom. The van der Waals surface area contributed by atoms with E-state index in [1.54, 1.807) is 12.3 Å². The molecule has 0 saturated carbocycles. The number of nitrogens with zero attached hydrogens (tertiary/aromatic N) is 5. The highest BCUT2D eigenvalue weighted by Gasteiger charge is 2.22. The lowest BCUT2D eigenvalue weighted by Gasteiger charge is -2.36. The van der Waals surface area contributed by atoms with E-state index >= 15 is 0 Å². The number of aromatic nitrogens is 2. The molecule has 0 aliphatic carbocycles. The zero-order valence-electron chi connectivity index (χ0n) is 15.0. The van der Waals surface area contributed by atoms with Crippen molar-refractivity contribution in [2.45, 2.75) is 26.5 Å². The van der Waals surface area contributed by atoms with Crippen LogP contribution in [-0.4, -0.2) is 47.4 Å². The number of nitriles is 1. The molecular formula is C19H22FN5O. The molecule has 26 heavy (non-hydrogen) atoms. The second kappa shape index (κ2) is 8.11. The van der Waals surface area contributed by atoms with Gasteiger partial charge in [0.15, 0.2) is 0 Å². The topological polar surface area (TPSA) is 65.3 Å². The number of hydrogen-bond donors (Lipinski definition) is 0. The van der Waals surface area contributed by atoms with E-state index < -0.39 is 5.82 Å². The number of halogens is 1. The van der Waals surface area contributed by atoms with Crippen molar-refractivity contribution in [1.29, 1.82) is 5.26 Å². The van der Waals surface area contributed by atoms with Gasteiger partial charge < -0.3 is 9.64 Å². The second-order valence-corrected chi connectivity index (χ2v) is 6.56. The van der Waals surface area contributed by atoms with Gasteiger partial charge >= 0.3 is 0 Å². The SMILES string of the molecule is CC(C)Oc1cc(F)c(C#N)c(N2CCN(Cc3cccnn3)CC2)c1. The first kappa shape index (κ1) is 18.1. The van der Waals surface area contributed by atoms with Gasteiger partial charge in [-0.1, -0.05) is 0 Å². The van der Waals surface area contributed by atoms with E-state index in [9.17, 15) is 9.65 Å². The Morgan fingerprint density at radius 3 is 2.65 bits per heavy atom. The van der Waals surface area contributed by atoms with Crippen molar-refractivity contribution in [2.24, 2.45) is 0 Å². The molecule has 136 valence electrons. The Morgan fingerprint density at radius 1 is 1.27 bits per heavy atom. The lowest BCUT2D eigenvalue weighted by Crippen LogP contribution is -2.46. The van der Waals surface area contributed by atoms with Crippen molar-refractivity contribution >= 4 is 5.69 Å². The maximum absolute atomic E-state index is 14.3. The van der Waals surface area contributed by atoms with Crippen LogP contribution in [0.2, 0.25) is 0 Å². The van der Waals surface area contributed by atoms with Crippen molar-refractivity contribution in [3.05, 3.63) is 47.5 Å². The molecule has 0 unspecified atom stereocenters. The van der Waals surface area contributed by atoms with Crippen LogP contribution in [0, 0.1) is 17.1 Å². The first-order chi connectivity index (χ1) is 12.6. The molecule has 0 N–H and O–H groups in total. The van der Waals surface area contributed by atoms with Gasteiger partial charge in [-0.2, -0.15) is 15.5 Å². The molecule has 0 spiro atoms. The van der Waals surface area contributed by atoms with E-state index in [4.69, 9.17) is 4.74 Å². The molecule has 0 bridgehead atoms. The number of ether oxygens (including phenoxy) is 1. The smallest absolute Gasteiger partial charge is 0.146 e. The van der Waals surface area contributed by atoms with E-state index in [0.29, 0.717) is 24.5 Å². The predicted octanol–water partition coefficient (Wildman–Crippen LogP) is 2.60. The molecule has 0 radical (unpaired) electrons. The summed E-state index contributed by atoms with van der Waals surface area (Å²) in [6.07, 6.45) is 1.60. The third-order valence-corrected chi connectivity index (χ3v) is 4.25. The molecule has 6 nitrogen and oxygen atoms in total. The highest BCUT2D eigenvalue weighted by atomic mass is 19.1. The Hall–Kier alpha value is -2.72. The largest absolute Gasteiger partial charge is 0.491 e. The van der Waals surface area contributed by atoms with Gasteiger partial charge in [0, 0.05) is 51.1 Å². The molecule has 1 fully saturated rings. The molecule has 0 atom stereocenters. The average Bonchev–Trinajstić information content (AvgIpc) is 2.62. The molecule has 3 rings (SSSR count). The van der Waals surface area contributed by atoms with E-state index in [-0.39, 0.29) is 11.7 Å². The Labute approximate surface area is 152 Å². The van der Waals surface area contributed by atoms with Gasteiger partial charge in [0.05, 0.1) is 17.5 Å². The lowest BCUT2D eigenvalue weighted by atomic mass is 10.1. The minimum atomic E-state index is -0.539. The zero-order chi connectivity index (χ0) is 18.5. The summed E-state index contributed by atoms with van der Waals surface area (Å²) in [4.78, 5) is 4.32. The van der Waals surface area contributed by atoms with Crippen LogP contribution in [0.4, 0.5) is 10.1 Å². The number of benzene rings is 1. The summed E-state index contributed by atoms with van der Waals surface area (Å²) in [5.74, 6) is -0.0869. The van der Waals surface area contributed by atoms with Crippen LogP contribution in [0.1, 0.15) is 25.1 Å². The molecule has 1 saturated heterocycles. The van der Waals surface area contributed by atoms with Gasteiger partial charge in [-0.15, -0.1) is 0 Å². The lowest BCUT2D eigenvalue weighted by molar-refractivity contribution is 0.239. The Balaban J connectivity index is 1.72. The van der Waals surface area contributed by atoms with Gasteiger partial charge in [-0.05, 0) is 26.0 Å². The van der Waals surface area contributed by atoms with Gasteiger partial charge in [0.25, 0.3) is 0 Å². The van der Waals surface area contributed by atoms with Crippen molar-refractivity contribution in [3.8, 4) is 11.8 Å². The fourth-order valence-corrected chi connectivity index (χ4v) is 3.06. The fourth-order valence-electron chi connectivity index (χ4n) is 3.06. The third kappa shape index (κ3) is 4.27. The van der Waals surface area contributed by atoms with Crippen LogP contribution >= 0.6 is 0 Å². The monoisotopic (exact) mass is 355 g/mol. The predicted molar refractivity (Wildman–Crippen MR) is 96.4 cm³/mol. The number of hydrogen-bond acceptors (Lipinski definition) is 6. The minimum absolute atomic E-state index is 0.0565. The summed E-state index contributed by atoms with van der Waals surface area (Å²) < 4.78 is 20.0. The van der Waals surface area contributed by atoms with Crippen molar-refractivity contribution in [2.75, 3.05) is 31.1 Å². The van der Waals surface area contributed by atoms with Crippen LogP contribution in [0.3, 0.4) is 0 Å². The fraction of sp³-hybridized carbons (Fsp3) is 0.421. The highest BCUT2D eigenvalue weighted by Crippen LogP contribution is 2.30. The first-order valence-electron chi connectivity index (χ1n) is 8.71. The summed E-state index contributed by atoms with van der Waals surface area (Å²) in [5, 5.41) is 17.4. The molecular weight excluding hydrogens is 333 g/mol. The highest BCUT2D eigenvalue weighted by molar-refractivity contribution is 5.63. The summed E-state index contributed by atoms with van der Waals surface area (Å²) in [5.41, 5.74) is 1.60. The number of rotatable bonds is 5. The summed E-state index contributed by atoms with van der Waals surface area (Å²) in [6, 6.07) is 8.87. The molecule has 7 heteroatoms. The minimum Gasteiger partial charge on any atom is -0.491 e. The summed E-state index contributed by atoms with van der Waals surface area (Å²) in [6.45, 7) is 7.54. The Kier molecular flexibility index (Phi) is 5.64. The third-order valence-electron chi connectivity index (χ3n) is 4.25. The summed E-state index contributed by atoms with van der Waals surface area (Å²) >= 11 is 0. The van der Waals surface area contributed by atoms with E-state index in [0.717, 1.165) is 25.3 Å². The maximum Gasteiger partial charge on any atom is 0.146 e. The second-order valence-electron chi connectivity index (χ2n) is 6.56. The van der Waals surface area contributed by atoms with Gasteiger partial charge in [-0.3, -0.25) is 4.90 Å². The van der Waals surface area contributed by atoms with Crippen LogP contribution in [-0.2, 0) is 6.54 Å². The first-order valence-corrected chi connectivity index (χ1v) is 8.71. The molecule has 1 aliphatic rings. The standard InChI is InChI=1S/C19H22FN5O/c1-14(2)26-16-10-18(20)17(12-21)19(11-16)25-8-6-24(7-9-25)13-15-4-3-5-22-23-15/h3-5,10-11,14H,6-9,13H2,1-2H3. The van der Waals surface area contributed by atoms with E-state index in [1.165, 1.54) is 6.07 Å². The molecule has 1 aliphatic heterocycles. The summed E-state index contributed by atoms with van der Waals surface area (Å²) in [7, 11) is 0. The van der Waals surface area contributed by atoms with Crippen LogP contribution < -0.4 is 9.64 Å². The maximum atomic E-state index is 14.3. The average molecular weight is 355 g/mol. The van der Waals surface area contributed by atoms with E-state index in [2.05, 4.69) is 15.1 Å². The number of anilines is 1. The van der Waals surface area contributed by atoms with Gasteiger partial charge in [-0.25, -0.2) is 4.39 Å². The molecule has 1 aromatic heterocycles. The quantitative estimate of drug-likeness (QED) is 0.821. The van der Waals surface area contributed by atoms with Crippen LogP contribution in [0.5, 0.6) is 5.75 Å². The molecule has 2 aromatic rings. The van der Waals surface area contributed by atoms with Gasteiger partial charge in [0.2, 0.25) is 0 Å². The zero-order valence-corrected chi connectivity index (χ0v) is 15.0. The van der Waals surface area contributed by atoms with Gasteiger partial charge in [0.1, 0.15) is 23.2 Å². The molecule has 0 amide bonds. The van der Waals surface area contributed by atoms with Crippen LogP contribution in [0.25, 0.3) is 0 Å².